The summed E-state index contributed by atoms with van der Waals surface area (Å²) in [6.45, 7) is 7.27. The lowest BCUT2D eigenvalue weighted by molar-refractivity contribution is -0.117. The smallest absolute Gasteiger partial charge is 0.414 e. The highest BCUT2D eigenvalue weighted by Crippen LogP contribution is 2.40. The van der Waals surface area contributed by atoms with E-state index in [1.807, 2.05) is 25.1 Å². The second-order valence-corrected chi connectivity index (χ2v) is 11.0. The lowest BCUT2D eigenvalue weighted by Crippen LogP contribution is -2.51. The van der Waals surface area contributed by atoms with Gasteiger partial charge in [0.1, 0.15) is 0 Å². The molecular weight excluding hydrogens is 428 g/mol. The van der Waals surface area contributed by atoms with Crippen LogP contribution in [0.25, 0.3) is 11.1 Å². The number of benzene rings is 2. The molecule has 1 heterocycles. The highest BCUT2D eigenvalue weighted by atomic mass is 32.2. The van der Waals surface area contributed by atoms with Crippen LogP contribution in [0, 0.1) is 0 Å². The molecule has 7 nitrogen and oxygen atoms in total. The third-order valence-electron chi connectivity index (χ3n) is 5.77. The Morgan fingerprint density at radius 1 is 1.03 bits per heavy atom. The second-order valence-electron chi connectivity index (χ2n) is 8.76. The minimum Gasteiger partial charge on any atom is -0.446 e. The van der Waals surface area contributed by atoms with E-state index in [9.17, 15) is 18.0 Å². The predicted molar refractivity (Wildman–Crippen MR) is 124 cm³/mol. The van der Waals surface area contributed by atoms with Crippen LogP contribution in [-0.2, 0) is 19.4 Å². The van der Waals surface area contributed by atoms with Crippen molar-refractivity contribution in [3.63, 3.8) is 0 Å². The monoisotopic (exact) mass is 456 g/mol. The van der Waals surface area contributed by atoms with Gasteiger partial charge in [-0.2, -0.15) is 0 Å². The van der Waals surface area contributed by atoms with Crippen LogP contribution >= 0.6 is 0 Å². The molecule has 2 aliphatic rings. The van der Waals surface area contributed by atoms with Crippen molar-refractivity contribution in [1.29, 1.82) is 0 Å². The number of hydrogen-bond donors (Lipinski definition) is 0. The van der Waals surface area contributed by atoms with Crippen LogP contribution in [0.2, 0.25) is 0 Å². The Labute approximate surface area is 188 Å². The molecule has 170 valence electrons. The van der Waals surface area contributed by atoms with E-state index in [0.717, 1.165) is 11.1 Å². The predicted octanol–water partition coefficient (Wildman–Crippen LogP) is 4.40. The first-order valence-electron chi connectivity index (χ1n) is 10.9. The third kappa shape index (κ3) is 4.11. The molecule has 0 unspecified atom stereocenters. The Bertz CT molecular complexity index is 1170. The van der Waals surface area contributed by atoms with Crippen molar-refractivity contribution >= 4 is 33.2 Å². The van der Waals surface area contributed by atoms with E-state index in [0.29, 0.717) is 35.7 Å². The minimum absolute atomic E-state index is 0.110. The molecule has 0 bridgehead atoms. The summed E-state index contributed by atoms with van der Waals surface area (Å²) >= 11 is 0. The number of amides is 2. The molecule has 2 aromatic carbocycles. The average molecular weight is 457 g/mol. The molecule has 1 saturated carbocycles. The zero-order valence-electron chi connectivity index (χ0n) is 18.7. The van der Waals surface area contributed by atoms with E-state index in [-0.39, 0.29) is 23.3 Å². The average Bonchev–Trinajstić information content (AvgIpc) is 3.58. The van der Waals surface area contributed by atoms with Crippen molar-refractivity contribution in [2.45, 2.75) is 62.8 Å². The number of ether oxygens (including phenoxy) is 1. The molecule has 1 aliphatic carbocycles. The summed E-state index contributed by atoms with van der Waals surface area (Å²) in [4.78, 5) is 28.7. The summed E-state index contributed by atoms with van der Waals surface area (Å²) in [6.07, 6.45) is 0.660. The van der Waals surface area contributed by atoms with Crippen LogP contribution in [0.15, 0.2) is 47.4 Å². The first kappa shape index (κ1) is 22.3. The van der Waals surface area contributed by atoms with Crippen LogP contribution in [0.5, 0.6) is 0 Å². The summed E-state index contributed by atoms with van der Waals surface area (Å²) in [5.41, 5.74) is 2.69. The van der Waals surface area contributed by atoms with Crippen molar-refractivity contribution in [1.82, 2.24) is 0 Å². The van der Waals surface area contributed by atoms with Crippen LogP contribution in [0.3, 0.4) is 0 Å². The standard InChI is InChI=1S/C24H28N2O5S/c1-15(2)31-24(28)25-14-16(3)26(17(4)27)22-11-8-19(13-23(22)25)18-6-5-7-21(12-18)32(29,30)20-9-10-20/h5-8,11-13,15-16,20H,9-10,14H2,1-4H3/t16-/m0/s1. The maximum atomic E-state index is 12.8. The van der Waals surface area contributed by atoms with Crippen molar-refractivity contribution in [3.8, 4) is 11.1 Å². The van der Waals surface area contributed by atoms with E-state index in [1.165, 1.54) is 6.92 Å². The topological polar surface area (TPSA) is 84.0 Å². The molecule has 1 atom stereocenters. The molecule has 0 N–H and O–H groups in total. The van der Waals surface area contributed by atoms with Crippen LogP contribution < -0.4 is 9.80 Å². The normalized spacial score (nSPS) is 18.5. The Morgan fingerprint density at radius 2 is 1.72 bits per heavy atom. The number of carbonyl (C=O) groups excluding carboxylic acids is 2. The largest absolute Gasteiger partial charge is 0.446 e. The van der Waals surface area contributed by atoms with Gasteiger partial charge in [-0.15, -0.1) is 0 Å². The number of nitrogens with zero attached hydrogens (tertiary/aromatic N) is 2. The van der Waals surface area contributed by atoms with Gasteiger partial charge in [0.15, 0.2) is 9.84 Å². The van der Waals surface area contributed by atoms with Gasteiger partial charge in [-0.3, -0.25) is 9.69 Å². The van der Waals surface area contributed by atoms with Crippen LogP contribution in [-0.4, -0.2) is 44.4 Å². The molecule has 8 heteroatoms. The number of hydrogen-bond acceptors (Lipinski definition) is 5. The van der Waals surface area contributed by atoms with Gasteiger partial charge < -0.3 is 9.64 Å². The van der Waals surface area contributed by atoms with E-state index in [1.54, 1.807) is 47.9 Å². The van der Waals surface area contributed by atoms with Gasteiger partial charge in [0.05, 0.1) is 33.7 Å². The van der Waals surface area contributed by atoms with Gasteiger partial charge in [0, 0.05) is 13.5 Å². The van der Waals surface area contributed by atoms with E-state index in [4.69, 9.17) is 4.74 Å². The Morgan fingerprint density at radius 3 is 2.34 bits per heavy atom. The van der Waals surface area contributed by atoms with Gasteiger partial charge >= 0.3 is 6.09 Å². The minimum atomic E-state index is -3.32. The number of fused-ring (bicyclic) bond motifs is 1. The Kier molecular flexibility index (Phi) is 5.75. The molecule has 2 aromatic rings. The lowest BCUT2D eigenvalue weighted by Gasteiger charge is -2.40. The van der Waals surface area contributed by atoms with Gasteiger partial charge in [-0.25, -0.2) is 13.2 Å². The van der Waals surface area contributed by atoms with Gasteiger partial charge in [0.2, 0.25) is 5.91 Å². The molecule has 0 aromatic heterocycles. The quantitative estimate of drug-likeness (QED) is 0.681. The Hall–Kier alpha value is -2.87. The van der Waals surface area contributed by atoms with Gasteiger partial charge in [-0.05, 0) is 69.0 Å². The van der Waals surface area contributed by atoms with Crippen LogP contribution in [0.4, 0.5) is 16.2 Å². The number of anilines is 2. The van der Waals surface area contributed by atoms with Crippen molar-refractivity contribution < 1.29 is 22.7 Å². The van der Waals surface area contributed by atoms with E-state index >= 15 is 0 Å². The van der Waals surface area contributed by atoms with Crippen LogP contribution in [0.1, 0.15) is 40.5 Å². The highest BCUT2D eigenvalue weighted by molar-refractivity contribution is 7.92. The number of rotatable bonds is 4. The molecule has 0 radical (unpaired) electrons. The van der Waals surface area contributed by atoms with Gasteiger partial charge in [0.25, 0.3) is 0 Å². The van der Waals surface area contributed by atoms with Gasteiger partial charge in [-0.1, -0.05) is 18.2 Å². The fourth-order valence-electron chi connectivity index (χ4n) is 4.15. The fraction of sp³-hybridized carbons (Fsp3) is 0.417. The third-order valence-corrected chi connectivity index (χ3v) is 8.03. The SMILES string of the molecule is CC(=O)N1c2ccc(-c3cccc(S(=O)(=O)C4CC4)c3)cc2N(C(=O)OC(C)C)C[C@@H]1C. The number of sulfone groups is 1. The highest BCUT2D eigenvalue weighted by Gasteiger charge is 2.37. The van der Waals surface area contributed by atoms with E-state index in [2.05, 4.69) is 0 Å². The molecule has 0 saturated heterocycles. The molecule has 1 aliphatic heterocycles. The summed E-state index contributed by atoms with van der Waals surface area (Å²) in [6, 6.07) is 12.2. The second kappa shape index (κ2) is 8.24. The molecule has 0 spiro atoms. The zero-order valence-corrected chi connectivity index (χ0v) is 19.6. The fourth-order valence-corrected chi connectivity index (χ4v) is 5.85. The maximum absolute atomic E-state index is 12.8. The van der Waals surface area contributed by atoms with Crippen molar-refractivity contribution in [3.05, 3.63) is 42.5 Å². The van der Waals surface area contributed by atoms with Crippen molar-refractivity contribution in [2.75, 3.05) is 16.3 Å². The number of carbonyl (C=O) groups is 2. The lowest BCUT2D eigenvalue weighted by atomic mass is 10.0. The summed E-state index contributed by atoms with van der Waals surface area (Å²) in [5, 5.41) is -0.284. The Balaban J connectivity index is 1.79. The molecule has 1 fully saturated rings. The summed E-state index contributed by atoms with van der Waals surface area (Å²) < 4.78 is 30.8. The summed E-state index contributed by atoms with van der Waals surface area (Å²) in [5.74, 6) is -0.110. The molecule has 32 heavy (non-hydrogen) atoms. The molecule has 4 rings (SSSR count). The summed E-state index contributed by atoms with van der Waals surface area (Å²) in [7, 11) is -3.32. The maximum Gasteiger partial charge on any atom is 0.414 e. The molecular formula is C24H28N2O5S. The van der Waals surface area contributed by atoms with E-state index < -0.39 is 15.9 Å². The zero-order chi connectivity index (χ0) is 23.2. The molecule has 2 amide bonds. The van der Waals surface area contributed by atoms with Crippen molar-refractivity contribution in [2.24, 2.45) is 0 Å². The first-order chi connectivity index (χ1) is 15.1. The first-order valence-corrected chi connectivity index (χ1v) is 12.4.